The Morgan fingerprint density at radius 2 is 1.95 bits per heavy atom. The Hall–Kier alpha value is -2.29. The lowest BCUT2D eigenvalue weighted by Crippen LogP contribution is -2.29. The highest BCUT2D eigenvalue weighted by Crippen LogP contribution is 2.35. The van der Waals surface area contributed by atoms with E-state index in [1.54, 1.807) is 28.9 Å². The Morgan fingerprint density at radius 1 is 1.23 bits per heavy atom. The molecule has 3 rings (SSSR count). The van der Waals surface area contributed by atoms with Gasteiger partial charge in [-0.05, 0) is 18.2 Å². The molecule has 2 heterocycles. The number of nitrogens with zero attached hydrogens (tertiary/aromatic N) is 1. The van der Waals surface area contributed by atoms with Crippen molar-refractivity contribution in [2.24, 2.45) is 0 Å². The van der Waals surface area contributed by atoms with E-state index >= 15 is 0 Å². The third kappa shape index (κ3) is 2.98. The predicted molar refractivity (Wildman–Crippen MR) is 73.2 cm³/mol. The summed E-state index contributed by atoms with van der Waals surface area (Å²) in [6.45, 7) is 0.900. The summed E-state index contributed by atoms with van der Waals surface area (Å²) in [5.41, 5.74) is 1.10. The van der Waals surface area contributed by atoms with Crippen LogP contribution in [0.1, 0.15) is 0 Å². The van der Waals surface area contributed by atoms with E-state index in [-0.39, 0.29) is 5.13 Å². The fourth-order valence-corrected chi connectivity index (χ4v) is 2.55. The maximum atomic E-state index is 12.2. The minimum Gasteiger partial charge on any atom is -0.486 e. The normalized spacial score (nSPS) is 13.8. The van der Waals surface area contributed by atoms with Gasteiger partial charge in [-0.3, -0.25) is 10.1 Å². The van der Waals surface area contributed by atoms with Crippen molar-refractivity contribution in [2.45, 2.75) is 6.18 Å². The molecule has 1 aliphatic heterocycles. The van der Waals surface area contributed by atoms with Crippen LogP contribution in [0.5, 0.6) is 11.5 Å². The molecule has 0 aliphatic carbocycles. The van der Waals surface area contributed by atoms with Crippen LogP contribution >= 0.6 is 11.3 Å². The SMILES string of the molecule is O=C(Nc1nc(-c2ccc3c(c2)OCCO3)cs1)C(F)(F)F. The first kappa shape index (κ1) is 14.6. The molecule has 2 aromatic rings. The molecule has 9 heteroatoms. The highest BCUT2D eigenvalue weighted by atomic mass is 32.1. The van der Waals surface area contributed by atoms with Gasteiger partial charge in [0.2, 0.25) is 0 Å². The number of amides is 1. The lowest BCUT2D eigenvalue weighted by molar-refractivity contribution is -0.167. The third-order valence-electron chi connectivity index (χ3n) is 2.82. The Labute approximate surface area is 126 Å². The second-order valence-corrected chi connectivity index (χ2v) is 5.21. The molecule has 0 radical (unpaired) electrons. The molecular formula is C13H9F3N2O3S. The van der Waals surface area contributed by atoms with E-state index in [4.69, 9.17) is 9.47 Å². The number of anilines is 1. The van der Waals surface area contributed by atoms with Gasteiger partial charge in [0.15, 0.2) is 16.6 Å². The Morgan fingerprint density at radius 3 is 2.68 bits per heavy atom. The van der Waals surface area contributed by atoms with Gasteiger partial charge >= 0.3 is 12.1 Å². The number of hydrogen-bond acceptors (Lipinski definition) is 5. The molecule has 1 aromatic carbocycles. The van der Waals surface area contributed by atoms with Crippen LogP contribution < -0.4 is 14.8 Å². The number of nitrogens with one attached hydrogen (secondary N) is 1. The zero-order chi connectivity index (χ0) is 15.7. The van der Waals surface area contributed by atoms with E-state index in [0.29, 0.717) is 36.0 Å². The lowest BCUT2D eigenvalue weighted by atomic mass is 10.1. The van der Waals surface area contributed by atoms with Crippen LogP contribution in [-0.2, 0) is 4.79 Å². The van der Waals surface area contributed by atoms with Gasteiger partial charge in [-0.25, -0.2) is 4.98 Å². The van der Waals surface area contributed by atoms with Crippen LogP contribution in [0, 0.1) is 0 Å². The molecule has 0 saturated carbocycles. The van der Waals surface area contributed by atoms with Crippen LogP contribution in [0.25, 0.3) is 11.3 Å². The number of thiazole rings is 1. The minimum atomic E-state index is -4.94. The number of benzene rings is 1. The van der Waals surface area contributed by atoms with Gasteiger partial charge in [-0.1, -0.05) is 0 Å². The van der Waals surface area contributed by atoms with E-state index in [9.17, 15) is 18.0 Å². The van der Waals surface area contributed by atoms with Gasteiger partial charge < -0.3 is 9.47 Å². The minimum absolute atomic E-state index is 0.118. The third-order valence-corrected chi connectivity index (χ3v) is 3.58. The summed E-state index contributed by atoms with van der Waals surface area (Å²) < 4.78 is 47.4. The number of rotatable bonds is 2. The summed E-state index contributed by atoms with van der Waals surface area (Å²) in [6.07, 6.45) is -4.94. The van der Waals surface area contributed by atoms with E-state index in [2.05, 4.69) is 4.98 Å². The number of carbonyl (C=O) groups excluding carboxylic acids is 1. The second kappa shape index (κ2) is 5.48. The van der Waals surface area contributed by atoms with Crippen LogP contribution in [0.15, 0.2) is 23.6 Å². The van der Waals surface area contributed by atoms with Gasteiger partial charge in [-0.2, -0.15) is 13.2 Å². The van der Waals surface area contributed by atoms with Crippen LogP contribution in [-0.4, -0.2) is 30.3 Å². The topological polar surface area (TPSA) is 60.5 Å². The van der Waals surface area contributed by atoms with Crippen LogP contribution in [0.2, 0.25) is 0 Å². The summed E-state index contributed by atoms with van der Waals surface area (Å²) in [5.74, 6) is -0.885. The van der Waals surface area contributed by atoms with Crippen molar-refractivity contribution >= 4 is 22.4 Å². The number of ether oxygens (including phenoxy) is 2. The Balaban J connectivity index is 1.80. The fourth-order valence-electron chi connectivity index (χ4n) is 1.83. The molecule has 1 amide bonds. The monoisotopic (exact) mass is 330 g/mol. The fraction of sp³-hybridized carbons (Fsp3) is 0.231. The lowest BCUT2D eigenvalue weighted by Gasteiger charge is -2.18. The van der Waals surface area contributed by atoms with E-state index in [0.717, 1.165) is 11.3 Å². The van der Waals surface area contributed by atoms with Crippen molar-refractivity contribution in [1.29, 1.82) is 0 Å². The van der Waals surface area contributed by atoms with Crippen molar-refractivity contribution in [3.63, 3.8) is 0 Å². The van der Waals surface area contributed by atoms with E-state index in [1.165, 1.54) is 0 Å². The van der Waals surface area contributed by atoms with Gasteiger partial charge in [0.25, 0.3) is 0 Å². The second-order valence-electron chi connectivity index (χ2n) is 4.35. The molecule has 22 heavy (non-hydrogen) atoms. The number of fused-ring (bicyclic) bond motifs is 1. The number of carbonyl (C=O) groups is 1. The van der Waals surface area contributed by atoms with Crippen LogP contribution in [0.4, 0.5) is 18.3 Å². The van der Waals surface area contributed by atoms with Crippen molar-refractivity contribution in [3.8, 4) is 22.8 Å². The summed E-state index contributed by atoms with van der Waals surface area (Å²) in [5, 5.41) is 3.16. The summed E-state index contributed by atoms with van der Waals surface area (Å²) in [7, 11) is 0. The Kier molecular flexibility index (Phi) is 3.65. The predicted octanol–water partition coefficient (Wildman–Crippen LogP) is 3.08. The van der Waals surface area contributed by atoms with Gasteiger partial charge in [0, 0.05) is 10.9 Å². The maximum Gasteiger partial charge on any atom is 0.471 e. The zero-order valence-corrected chi connectivity index (χ0v) is 11.8. The molecule has 0 saturated heterocycles. The molecule has 1 aliphatic rings. The molecule has 0 atom stereocenters. The zero-order valence-electron chi connectivity index (χ0n) is 10.9. The summed E-state index contributed by atoms with van der Waals surface area (Å²) in [4.78, 5) is 14.8. The molecule has 0 fully saturated rings. The quantitative estimate of drug-likeness (QED) is 0.919. The smallest absolute Gasteiger partial charge is 0.471 e. The largest absolute Gasteiger partial charge is 0.486 e. The van der Waals surface area contributed by atoms with E-state index in [1.807, 2.05) is 0 Å². The first-order chi connectivity index (χ1) is 10.4. The summed E-state index contributed by atoms with van der Waals surface area (Å²) >= 11 is 0.911. The molecule has 0 bridgehead atoms. The van der Waals surface area contributed by atoms with Gasteiger partial charge in [0.05, 0.1) is 5.69 Å². The van der Waals surface area contributed by atoms with Gasteiger partial charge in [-0.15, -0.1) is 11.3 Å². The van der Waals surface area contributed by atoms with Crippen LogP contribution in [0.3, 0.4) is 0 Å². The molecule has 5 nitrogen and oxygen atoms in total. The molecule has 0 spiro atoms. The number of alkyl halides is 3. The first-order valence-corrected chi connectivity index (χ1v) is 7.05. The maximum absolute atomic E-state index is 12.2. The van der Waals surface area contributed by atoms with Crippen molar-refractivity contribution < 1.29 is 27.4 Å². The number of hydrogen-bond donors (Lipinski definition) is 1. The van der Waals surface area contributed by atoms with E-state index < -0.39 is 12.1 Å². The highest BCUT2D eigenvalue weighted by Gasteiger charge is 2.39. The van der Waals surface area contributed by atoms with Crippen molar-refractivity contribution in [1.82, 2.24) is 4.98 Å². The van der Waals surface area contributed by atoms with Gasteiger partial charge in [0.1, 0.15) is 13.2 Å². The highest BCUT2D eigenvalue weighted by molar-refractivity contribution is 7.14. The molecular weight excluding hydrogens is 321 g/mol. The number of halogens is 3. The first-order valence-electron chi connectivity index (χ1n) is 6.17. The molecule has 0 unspecified atom stereocenters. The van der Waals surface area contributed by atoms with Crippen molar-refractivity contribution in [2.75, 3.05) is 18.5 Å². The molecule has 1 aromatic heterocycles. The number of aromatic nitrogens is 1. The average molecular weight is 330 g/mol. The summed E-state index contributed by atoms with van der Waals surface area (Å²) in [6, 6.07) is 5.12. The average Bonchev–Trinajstić information content (AvgIpc) is 2.94. The molecule has 1 N–H and O–H groups in total. The Bertz CT molecular complexity index is 715. The molecule has 116 valence electrons. The van der Waals surface area contributed by atoms with Crippen molar-refractivity contribution in [3.05, 3.63) is 23.6 Å². The standard InChI is InChI=1S/C13H9F3N2O3S/c14-13(15,16)11(19)18-12-17-8(6-22-12)7-1-2-9-10(5-7)21-4-3-20-9/h1-2,5-6H,3-4H2,(H,17,18,19).